The summed E-state index contributed by atoms with van der Waals surface area (Å²) in [6, 6.07) is 15.8. The molecule has 3 heteroatoms. The molecule has 1 aromatic heterocycles. The summed E-state index contributed by atoms with van der Waals surface area (Å²) >= 11 is 1.86. The third kappa shape index (κ3) is 2.80. The summed E-state index contributed by atoms with van der Waals surface area (Å²) in [5.74, 6) is 0. The van der Waals surface area contributed by atoms with Crippen LogP contribution in [0.1, 0.15) is 29.3 Å². The lowest BCUT2D eigenvalue weighted by Gasteiger charge is -2.14. The second-order valence-corrected chi connectivity index (χ2v) is 8.17. The van der Waals surface area contributed by atoms with E-state index in [9.17, 15) is 0 Å². The molecule has 4 rings (SSSR count). The molecule has 0 amide bonds. The molecule has 0 N–H and O–H groups in total. The van der Waals surface area contributed by atoms with E-state index < -0.39 is 0 Å². The number of nitrogens with zero attached hydrogens (tertiary/aromatic N) is 2. The van der Waals surface area contributed by atoms with Gasteiger partial charge in [0.1, 0.15) is 6.54 Å². The van der Waals surface area contributed by atoms with Crippen molar-refractivity contribution >= 4 is 34.4 Å². The highest BCUT2D eigenvalue weighted by atomic mass is 32.2. The van der Waals surface area contributed by atoms with Crippen LogP contribution in [0.15, 0.2) is 52.4 Å². The van der Waals surface area contributed by atoms with Crippen LogP contribution in [0.5, 0.6) is 0 Å². The Bertz CT molecular complexity index is 1050. The first-order valence-electron chi connectivity index (χ1n) is 9.15. The van der Waals surface area contributed by atoms with Crippen molar-refractivity contribution in [2.45, 2.75) is 39.1 Å². The highest BCUT2D eigenvalue weighted by Crippen LogP contribution is 2.46. The second-order valence-electron chi connectivity index (χ2n) is 7.11. The number of pyridine rings is 1. The molecule has 0 spiro atoms. The minimum atomic E-state index is 0.957. The van der Waals surface area contributed by atoms with Crippen LogP contribution in [-0.4, -0.2) is 7.05 Å². The monoisotopic (exact) mass is 361 g/mol. The van der Waals surface area contributed by atoms with Crippen LogP contribution >= 0.6 is 11.8 Å². The van der Waals surface area contributed by atoms with E-state index in [0.717, 1.165) is 6.54 Å². The van der Waals surface area contributed by atoms with Crippen molar-refractivity contribution in [2.75, 3.05) is 11.9 Å². The average Bonchev–Trinajstić information content (AvgIpc) is 2.90. The molecule has 132 valence electrons. The van der Waals surface area contributed by atoms with Gasteiger partial charge in [-0.25, -0.2) is 0 Å². The van der Waals surface area contributed by atoms with Crippen molar-refractivity contribution in [1.29, 1.82) is 0 Å². The van der Waals surface area contributed by atoms with Gasteiger partial charge in [0.25, 0.3) is 0 Å². The van der Waals surface area contributed by atoms with Gasteiger partial charge in [-0.15, -0.1) is 0 Å². The van der Waals surface area contributed by atoms with Crippen molar-refractivity contribution in [3.63, 3.8) is 0 Å². The molecular weight excluding hydrogens is 336 g/mol. The lowest BCUT2D eigenvalue weighted by Crippen LogP contribution is -2.36. The third-order valence-electron chi connectivity index (χ3n) is 5.29. The fourth-order valence-corrected chi connectivity index (χ4v) is 4.78. The van der Waals surface area contributed by atoms with E-state index in [0.29, 0.717) is 0 Å². The highest BCUT2D eigenvalue weighted by molar-refractivity contribution is 8.03. The molecule has 2 aromatic carbocycles. The normalized spacial score (nSPS) is 15.1. The number of aromatic nitrogens is 1. The first-order valence-corrected chi connectivity index (χ1v) is 9.97. The maximum absolute atomic E-state index is 2.40. The summed E-state index contributed by atoms with van der Waals surface area (Å²) < 4.78 is 2.40. The number of benzene rings is 2. The molecule has 0 bridgehead atoms. The molecule has 0 radical (unpaired) electrons. The van der Waals surface area contributed by atoms with Gasteiger partial charge in [0.2, 0.25) is 11.2 Å². The van der Waals surface area contributed by atoms with Gasteiger partial charge in [-0.2, -0.15) is 4.57 Å². The van der Waals surface area contributed by atoms with Gasteiger partial charge >= 0.3 is 0 Å². The minimum absolute atomic E-state index is 0.957. The van der Waals surface area contributed by atoms with E-state index in [1.807, 2.05) is 11.8 Å². The van der Waals surface area contributed by atoms with Gasteiger partial charge in [0, 0.05) is 35.5 Å². The molecule has 2 nitrogen and oxygen atoms in total. The number of fused-ring (bicyclic) bond motifs is 2. The van der Waals surface area contributed by atoms with Crippen molar-refractivity contribution in [2.24, 2.45) is 0 Å². The van der Waals surface area contributed by atoms with E-state index in [2.05, 4.69) is 92.8 Å². The zero-order chi connectivity index (χ0) is 18.4. The topological polar surface area (TPSA) is 7.12 Å². The number of anilines is 1. The SMILES string of the molecule is CC[n+]1c(/C=C2/Sc3cc(C)c(C)cc3N2C)ccc2cc(C)ccc21. The van der Waals surface area contributed by atoms with Crippen molar-refractivity contribution in [1.82, 2.24) is 0 Å². The summed E-state index contributed by atoms with van der Waals surface area (Å²) in [6.07, 6.45) is 2.32. The fraction of sp³-hybridized carbons (Fsp3) is 0.261. The number of aryl methyl sites for hydroxylation is 4. The summed E-state index contributed by atoms with van der Waals surface area (Å²) in [4.78, 5) is 3.66. The number of thioether (sulfide) groups is 1. The zero-order valence-corrected chi connectivity index (χ0v) is 16.9. The molecule has 0 aliphatic carbocycles. The Kier molecular flexibility index (Phi) is 4.28. The molecule has 1 aliphatic rings. The predicted molar refractivity (Wildman–Crippen MR) is 113 cm³/mol. The zero-order valence-electron chi connectivity index (χ0n) is 16.1. The van der Waals surface area contributed by atoms with Gasteiger partial charge in [-0.1, -0.05) is 23.4 Å². The van der Waals surface area contributed by atoms with Gasteiger partial charge in [0.15, 0.2) is 0 Å². The molecule has 1 aliphatic heterocycles. The molecule has 0 unspecified atom stereocenters. The van der Waals surface area contributed by atoms with Crippen LogP contribution in [0.3, 0.4) is 0 Å². The lowest BCUT2D eigenvalue weighted by atomic mass is 10.1. The van der Waals surface area contributed by atoms with Crippen molar-refractivity contribution < 1.29 is 4.57 Å². The molecule has 3 aromatic rings. The van der Waals surface area contributed by atoms with Crippen LogP contribution in [0.4, 0.5) is 5.69 Å². The van der Waals surface area contributed by atoms with Crippen LogP contribution in [-0.2, 0) is 6.54 Å². The van der Waals surface area contributed by atoms with E-state index in [1.165, 1.54) is 48.9 Å². The summed E-state index contributed by atoms with van der Waals surface area (Å²) in [7, 11) is 2.17. The molecule has 0 saturated heterocycles. The Balaban J connectivity index is 1.81. The molecule has 0 atom stereocenters. The van der Waals surface area contributed by atoms with Crippen LogP contribution in [0.25, 0.3) is 17.0 Å². The van der Waals surface area contributed by atoms with Crippen LogP contribution in [0.2, 0.25) is 0 Å². The standard InChI is InChI=1S/C23H25N2S/c1-6-25-19(9-8-18-11-15(2)7-10-20(18)25)14-23-24(5)21-12-16(3)17(4)13-22(21)26-23/h7-14H,6H2,1-5H3/q+1. The van der Waals surface area contributed by atoms with Gasteiger partial charge in [-0.3, -0.25) is 0 Å². The van der Waals surface area contributed by atoms with Crippen LogP contribution < -0.4 is 9.47 Å². The van der Waals surface area contributed by atoms with Gasteiger partial charge in [-0.05, 0) is 63.1 Å². The van der Waals surface area contributed by atoms with Crippen molar-refractivity contribution in [3.05, 3.63) is 69.9 Å². The Morgan fingerprint density at radius 3 is 2.54 bits per heavy atom. The summed E-state index contributed by atoms with van der Waals surface area (Å²) in [6.45, 7) is 9.70. The quantitative estimate of drug-likeness (QED) is 0.548. The lowest BCUT2D eigenvalue weighted by molar-refractivity contribution is -0.669. The van der Waals surface area contributed by atoms with Gasteiger partial charge in [0.05, 0.1) is 10.7 Å². The Morgan fingerprint density at radius 1 is 1.00 bits per heavy atom. The molecule has 2 heterocycles. The Labute approximate surface area is 160 Å². The van der Waals surface area contributed by atoms with Crippen molar-refractivity contribution in [3.8, 4) is 0 Å². The van der Waals surface area contributed by atoms with E-state index in [1.54, 1.807) is 0 Å². The Morgan fingerprint density at radius 2 is 1.77 bits per heavy atom. The molecule has 0 fully saturated rings. The number of hydrogen-bond acceptors (Lipinski definition) is 2. The minimum Gasteiger partial charge on any atom is -0.338 e. The smallest absolute Gasteiger partial charge is 0.212 e. The van der Waals surface area contributed by atoms with E-state index in [-0.39, 0.29) is 0 Å². The number of rotatable bonds is 2. The van der Waals surface area contributed by atoms with Crippen LogP contribution in [0, 0.1) is 20.8 Å². The van der Waals surface area contributed by atoms with E-state index in [4.69, 9.17) is 0 Å². The summed E-state index contributed by atoms with van der Waals surface area (Å²) in [5, 5.41) is 2.58. The second kappa shape index (κ2) is 6.48. The van der Waals surface area contributed by atoms with E-state index >= 15 is 0 Å². The largest absolute Gasteiger partial charge is 0.338 e. The van der Waals surface area contributed by atoms with Gasteiger partial charge < -0.3 is 4.90 Å². The average molecular weight is 362 g/mol. The predicted octanol–water partition coefficient (Wildman–Crippen LogP) is 5.61. The molecular formula is C23H25N2S+. The first kappa shape index (κ1) is 17.2. The Hall–Kier alpha value is -2.26. The number of hydrogen-bond donors (Lipinski definition) is 0. The highest BCUT2D eigenvalue weighted by Gasteiger charge is 2.24. The third-order valence-corrected chi connectivity index (χ3v) is 6.44. The maximum atomic E-state index is 2.40. The molecule has 0 saturated carbocycles. The first-order chi connectivity index (χ1) is 12.5. The fourth-order valence-electron chi connectivity index (χ4n) is 3.61. The molecule has 26 heavy (non-hydrogen) atoms. The maximum Gasteiger partial charge on any atom is 0.212 e. The summed E-state index contributed by atoms with van der Waals surface area (Å²) in [5.41, 5.74) is 7.86.